The second kappa shape index (κ2) is 9.84. The zero-order valence-electron chi connectivity index (χ0n) is 19.9. The molecule has 1 aliphatic rings. The Kier molecular flexibility index (Phi) is 6.84. The van der Waals surface area contributed by atoms with Crippen LogP contribution in [0.3, 0.4) is 0 Å². The Bertz CT molecular complexity index is 1310. The summed E-state index contributed by atoms with van der Waals surface area (Å²) in [5.74, 6) is -2.12. The minimum Gasteiger partial charge on any atom is -0.507 e. The molecular weight excluding hydrogens is 464 g/mol. The molecule has 1 amide bonds. The zero-order chi connectivity index (χ0) is 25.3. The maximum atomic E-state index is 13.3. The van der Waals surface area contributed by atoms with Gasteiger partial charge in [-0.15, -0.1) is 0 Å². The third-order valence-electron chi connectivity index (χ3n) is 5.86. The van der Waals surface area contributed by atoms with Crippen LogP contribution in [0.2, 0.25) is 0 Å². The molecule has 1 aromatic heterocycles. The van der Waals surface area contributed by atoms with Crippen LogP contribution < -0.4 is 4.90 Å². The highest BCUT2D eigenvalue weighted by Gasteiger charge is 2.48. The van der Waals surface area contributed by atoms with E-state index in [4.69, 9.17) is 4.74 Å². The van der Waals surface area contributed by atoms with Gasteiger partial charge >= 0.3 is 11.9 Å². The highest BCUT2D eigenvalue weighted by Crippen LogP contribution is 2.44. The number of anilines is 1. The number of aliphatic hydroxyl groups excluding tert-OH is 1. The van der Waals surface area contributed by atoms with E-state index in [0.29, 0.717) is 22.7 Å². The van der Waals surface area contributed by atoms with Crippen molar-refractivity contribution in [1.82, 2.24) is 4.98 Å². The van der Waals surface area contributed by atoms with Crippen molar-refractivity contribution in [1.29, 1.82) is 0 Å². The topological polar surface area (TPSA) is 96.8 Å². The molecule has 2 heterocycles. The Morgan fingerprint density at radius 3 is 2.37 bits per heavy atom. The maximum absolute atomic E-state index is 13.3. The predicted molar refractivity (Wildman–Crippen MR) is 135 cm³/mol. The molecule has 0 spiro atoms. The third kappa shape index (κ3) is 4.49. The number of aliphatic hydroxyl groups is 1. The molecule has 3 aromatic rings. The molecule has 0 radical (unpaired) electrons. The number of carbonyl (C=O) groups is 3. The van der Waals surface area contributed by atoms with Gasteiger partial charge in [0.15, 0.2) is 5.13 Å². The predicted octanol–water partition coefficient (Wildman–Crippen LogP) is 5.38. The second-order valence-electron chi connectivity index (χ2n) is 8.49. The highest BCUT2D eigenvalue weighted by atomic mass is 32.1. The van der Waals surface area contributed by atoms with Gasteiger partial charge in [-0.05, 0) is 30.9 Å². The number of amides is 1. The fourth-order valence-corrected chi connectivity index (χ4v) is 5.02. The number of rotatable bonds is 6. The van der Waals surface area contributed by atoms with Crippen molar-refractivity contribution < 1.29 is 24.2 Å². The Morgan fingerprint density at radius 2 is 1.77 bits per heavy atom. The van der Waals surface area contributed by atoms with Gasteiger partial charge in [0, 0.05) is 5.56 Å². The lowest BCUT2D eigenvalue weighted by molar-refractivity contribution is -0.132. The Morgan fingerprint density at radius 1 is 1.11 bits per heavy atom. The van der Waals surface area contributed by atoms with Crippen molar-refractivity contribution in [3.8, 4) is 0 Å². The molecule has 1 saturated heterocycles. The van der Waals surface area contributed by atoms with Gasteiger partial charge in [-0.25, -0.2) is 9.78 Å². The molecule has 2 aromatic carbocycles. The summed E-state index contributed by atoms with van der Waals surface area (Å²) in [5.41, 5.74) is 2.56. The molecule has 180 valence electrons. The van der Waals surface area contributed by atoms with Gasteiger partial charge in [0.25, 0.3) is 5.78 Å². The molecule has 8 heteroatoms. The molecule has 1 atom stereocenters. The molecule has 1 aliphatic heterocycles. The molecule has 1 fully saturated rings. The summed E-state index contributed by atoms with van der Waals surface area (Å²) in [6, 6.07) is 15.3. The summed E-state index contributed by atoms with van der Waals surface area (Å²) in [6.45, 7) is 7.71. The fourth-order valence-electron chi connectivity index (χ4n) is 4.03. The van der Waals surface area contributed by atoms with Gasteiger partial charge in [0.05, 0.1) is 23.9 Å². The lowest BCUT2D eigenvalue weighted by Gasteiger charge is -2.23. The lowest BCUT2D eigenvalue weighted by atomic mass is 9.93. The van der Waals surface area contributed by atoms with Crippen LogP contribution in [-0.4, -0.2) is 34.4 Å². The van der Waals surface area contributed by atoms with Crippen LogP contribution in [0, 0.1) is 6.92 Å². The summed E-state index contributed by atoms with van der Waals surface area (Å²) in [7, 11) is 0. The van der Waals surface area contributed by atoms with E-state index < -0.39 is 23.7 Å². The Labute approximate surface area is 207 Å². The van der Waals surface area contributed by atoms with E-state index >= 15 is 0 Å². The van der Waals surface area contributed by atoms with E-state index in [2.05, 4.69) is 18.8 Å². The van der Waals surface area contributed by atoms with Crippen LogP contribution in [-0.2, 0) is 14.3 Å². The van der Waals surface area contributed by atoms with E-state index in [0.717, 1.165) is 16.9 Å². The first-order valence-corrected chi connectivity index (χ1v) is 12.2. The summed E-state index contributed by atoms with van der Waals surface area (Å²) in [4.78, 5) is 44.9. The minimum atomic E-state index is -0.906. The number of hydrogen-bond acceptors (Lipinski definition) is 7. The first-order valence-electron chi connectivity index (χ1n) is 11.3. The van der Waals surface area contributed by atoms with Crippen molar-refractivity contribution in [2.75, 3.05) is 11.5 Å². The number of esters is 1. The molecular formula is C27H26N2O5S. The zero-order valence-corrected chi connectivity index (χ0v) is 20.8. The van der Waals surface area contributed by atoms with Crippen LogP contribution in [0.1, 0.15) is 64.8 Å². The number of ether oxygens (including phenoxy) is 1. The molecule has 35 heavy (non-hydrogen) atoms. The minimum absolute atomic E-state index is 0.0240. The average Bonchev–Trinajstić information content (AvgIpc) is 3.36. The van der Waals surface area contributed by atoms with Gasteiger partial charge in [-0.1, -0.05) is 79.8 Å². The van der Waals surface area contributed by atoms with Crippen molar-refractivity contribution >= 4 is 39.9 Å². The average molecular weight is 491 g/mol. The molecule has 7 nitrogen and oxygen atoms in total. The SMILES string of the molecule is CCOC(=O)c1sc(N2C(=O)C(=O)/C(=C(/O)c3ccccc3)[C@H]2c2ccc(C(C)C)cc2)nc1C. The molecule has 4 rings (SSSR count). The number of aromatic nitrogens is 1. The number of thiazole rings is 1. The van der Waals surface area contributed by atoms with E-state index in [1.807, 2.05) is 24.3 Å². The highest BCUT2D eigenvalue weighted by molar-refractivity contribution is 7.17. The number of nitrogens with zero attached hydrogens (tertiary/aromatic N) is 2. The Balaban J connectivity index is 1.90. The largest absolute Gasteiger partial charge is 0.507 e. The summed E-state index contributed by atoms with van der Waals surface area (Å²) >= 11 is 0.990. The van der Waals surface area contributed by atoms with E-state index in [-0.39, 0.29) is 27.9 Å². The van der Waals surface area contributed by atoms with Gasteiger partial charge < -0.3 is 9.84 Å². The Hall–Kier alpha value is -3.78. The number of benzene rings is 2. The van der Waals surface area contributed by atoms with E-state index in [1.165, 1.54) is 4.90 Å². The van der Waals surface area contributed by atoms with E-state index in [9.17, 15) is 19.5 Å². The van der Waals surface area contributed by atoms with Gasteiger partial charge in [-0.3, -0.25) is 14.5 Å². The summed E-state index contributed by atoms with van der Waals surface area (Å²) in [5, 5.41) is 11.3. The number of Topliss-reactive ketones (excluding diaryl/α,β-unsaturated/α-hetero) is 1. The van der Waals surface area contributed by atoms with Crippen LogP contribution in [0.5, 0.6) is 0 Å². The van der Waals surface area contributed by atoms with Crippen molar-refractivity contribution in [3.63, 3.8) is 0 Å². The maximum Gasteiger partial charge on any atom is 0.350 e. The standard InChI is InChI=1S/C27H26N2O5S/c1-5-34-26(33)24-16(4)28-27(35-24)29-21(18-13-11-17(12-14-18)15(2)3)20(23(31)25(29)32)22(30)19-9-7-6-8-10-19/h6-15,21,30H,5H2,1-4H3/b22-20+/t21-/m1/s1. The number of carbonyl (C=O) groups excluding carboxylic acids is 3. The molecule has 0 saturated carbocycles. The number of aryl methyl sites for hydroxylation is 1. The van der Waals surface area contributed by atoms with Crippen LogP contribution in [0.15, 0.2) is 60.2 Å². The monoisotopic (exact) mass is 490 g/mol. The molecule has 0 unspecified atom stereocenters. The molecule has 0 bridgehead atoms. The van der Waals surface area contributed by atoms with Gasteiger partial charge in [-0.2, -0.15) is 0 Å². The normalized spacial score (nSPS) is 17.3. The summed E-state index contributed by atoms with van der Waals surface area (Å²) in [6.07, 6.45) is 0. The van der Waals surface area contributed by atoms with Crippen molar-refractivity contribution in [3.05, 3.63) is 87.4 Å². The van der Waals surface area contributed by atoms with Crippen LogP contribution in [0.4, 0.5) is 5.13 Å². The van der Waals surface area contributed by atoms with Crippen molar-refractivity contribution in [2.24, 2.45) is 0 Å². The number of ketones is 1. The smallest absolute Gasteiger partial charge is 0.350 e. The first kappa shape index (κ1) is 24.3. The number of hydrogen-bond donors (Lipinski definition) is 1. The van der Waals surface area contributed by atoms with E-state index in [1.54, 1.807) is 44.2 Å². The van der Waals surface area contributed by atoms with Crippen molar-refractivity contribution in [2.45, 2.75) is 39.7 Å². The summed E-state index contributed by atoms with van der Waals surface area (Å²) < 4.78 is 5.11. The first-order chi connectivity index (χ1) is 16.7. The second-order valence-corrected chi connectivity index (χ2v) is 9.47. The third-order valence-corrected chi connectivity index (χ3v) is 7.00. The van der Waals surface area contributed by atoms with Crippen LogP contribution >= 0.6 is 11.3 Å². The lowest BCUT2D eigenvalue weighted by Crippen LogP contribution is -2.29. The van der Waals surface area contributed by atoms with Crippen LogP contribution in [0.25, 0.3) is 5.76 Å². The fraction of sp³-hybridized carbons (Fsp3) is 0.259. The molecule has 0 aliphatic carbocycles. The molecule has 1 N–H and O–H groups in total. The van der Waals surface area contributed by atoms with Gasteiger partial charge in [0.1, 0.15) is 10.6 Å². The van der Waals surface area contributed by atoms with Gasteiger partial charge in [0.2, 0.25) is 0 Å². The quantitative estimate of drug-likeness (QED) is 0.216.